The standard InChI is InChI=1S/C24H27N9O9/c1-11(34)39-9-16-18(40-12(2)35)19(41-13(3)36)22(42-16)33-10-26-17-20(25)28-23(29-21(17)33)30-32-31-24(37)27-14-7-5-6-8-15(14)38-4/h5-8,10,16,18-19,22H,9H2,1-4H3,(H4,25,27,28,29,30,31,37)/t16-,18-,19-,22-/m1/s1. The lowest BCUT2D eigenvalue weighted by Crippen LogP contribution is -2.40. The summed E-state index contributed by atoms with van der Waals surface area (Å²) < 4.78 is 28.5. The van der Waals surface area contributed by atoms with Crippen LogP contribution in [0.5, 0.6) is 5.75 Å². The number of ether oxygens (including phenoxy) is 5. The number of anilines is 2. The average molecular weight is 586 g/mol. The number of hydrogen-bond acceptors (Lipinski definition) is 15. The van der Waals surface area contributed by atoms with E-state index in [-0.39, 0.29) is 29.5 Å². The van der Waals surface area contributed by atoms with E-state index < -0.39 is 48.5 Å². The molecule has 1 saturated heterocycles. The number of esters is 3. The fourth-order valence-corrected chi connectivity index (χ4v) is 4.09. The van der Waals surface area contributed by atoms with Gasteiger partial charge in [0.25, 0.3) is 5.95 Å². The Hall–Kier alpha value is -5.39. The Labute approximate surface area is 237 Å². The van der Waals surface area contributed by atoms with Crippen LogP contribution in [0.25, 0.3) is 11.2 Å². The van der Waals surface area contributed by atoms with Crippen molar-refractivity contribution < 1.29 is 42.9 Å². The van der Waals surface area contributed by atoms with Crippen LogP contribution in [-0.4, -0.2) is 75.5 Å². The molecule has 1 aromatic carbocycles. The van der Waals surface area contributed by atoms with E-state index in [9.17, 15) is 19.2 Å². The van der Waals surface area contributed by atoms with Crippen molar-refractivity contribution in [2.45, 2.75) is 45.3 Å². The Bertz CT molecular complexity index is 1530. The minimum absolute atomic E-state index is 0.0822. The number of fused-ring (bicyclic) bond motifs is 1. The highest BCUT2D eigenvalue weighted by Crippen LogP contribution is 2.36. The van der Waals surface area contributed by atoms with Crippen LogP contribution >= 0.6 is 0 Å². The number of nitrogen functional groups attached to an aromatic ring is 1. The monoisotopic (exact) mass is 585 g/mol. The van der Waals surface area contributed by atoms with Gasteiger partial charge in [-0.25, -0.2) is 15.2 Å². The highest BCUT2D eigenvalue weighted by Gasteiger charge is 2.51. The number of carbonyl (C=O) groups excluding carboxylic acids is 4. The molecule has 0 aliphatic carbocycles. The molecule has 4 N–H and O–H groups in total. The predicted molar refractivity (Wildman–Crippen MR) is 141 cm³/mol. The number of benzene rings is 1. The van der Waals surface area contributed by atoms with Gasteiger partial charge in [0.1, 0.15) is 24.0 Å². The first-order chi connectivity index (χ1) is 20.1. The van der Waals surface area contributed by atoms with Crippen LogP contribution in [0.4, 0.5) is 22.2 Å². The van der Waals surface area contributed by atoms with Crippen molar-refractivity contribution >= 4 is 52.6 Å². The Morgan fingerprint density at radius 2 is 1.76 bits per heavy atom. The molecule has 0 radical (unpaired) electrons. The largest absolute Gasteiger partial charge is 0.495 e. The number of aromatic nitrogens is 4. The Kier molecular flexibility index (Phi) is 9.05. The summed E-state index contributed by atoms with van der Waals surface area (Å²) in [6.07, 6.45) is -3.18. The summed E-state index contributed by atoms with van der Waals surface area (Å²) in [6.45, 7) is 3.24. The zero-order valence-corrected chi connectivity index (χ0v) is 22.8. The fraction of sp³-hybridized carbons (Fsp3) is 0.375. The van der Waals surface area contributed by atoms with Gasteiger partial charge in [0.2, 0.25) is 0 Å². The Balaban J connectivity index is 1.60. The number of rotatable bonds is 9. The Morgan fingerprint density at radius 3 is 2.45 bits per heavy atom. The molecule has 222 valence electrons. The number of hydrogen-bond donors (Lipinski definition) is 3. The van der Waals surface area contributed by atoms with E-state index in [4.69, 9.17) is 29.4 Å². The lowest BCUT2D eigenvalue weighted by molar-refractivity contribution is -0.166. The van der Waals surface area contributed by atoms with Gasteiger partial charge in [-0.2, -0.15) is 9.97 Å². The summed E-state index contributed by atoms with van der Waals surface area (Å²) in [6, 6.07) is 6.03. The number of para-hydroxylation sites is 2. The maximum atomic E-state index is 12.3. The molecule has 0 saturated carbocycles. The van der Waals surface area contributed by atoms with Crippen molar-refractivity contribution in [3.8, 4) is 5.75 Å². The van der Waals surface area contributed by atoms with Gasteiger partial charge in [-0.15, -0.1) is 0 Å². The molecule has 1 aliphatic rings. The number of nitrogens with two attached hydrogens (primary N) is 1. The highest BCUT2D eigenvalue weighted by molar-refractivity contribution is 5.90. The van der Waals surface area contributed by atoms with Crippen LogP contribution in [-0.2, 0) is 33.3 Å². The number of methoxy groups -OCH3 is 1. The minimum atomic E-state index is -1.19. The molecule has 18 heteroatoms. The van der Waals surface area contributed by atoms with Gasteiger partial charge in [0, 0.05) is 20.8 Å². The van der Waals surface area contributed by atoms with E-state index >= 15 is 0 Å². The smallest absolute Gasteiger partial charge is 0.341 e. The van der Waals surface area contributed by atoms with E-state index in [1.165, 1.54) is 38.8 Å². The van der Waals surface area contributed by atoms with E-state index in [0.717, 1.165) is 0 Å². The molecule has 0 unspecified atom stereocenters. The van der Waals surface area contributed by atoms with Crippen molar-refractivity contribution in [3.05, 3.63) is 30.6 Å². The Morgan fingerprint density at radius 1 is 1.05 bits per heavy atom. The molecule has 1 aliphatic heterocycles. The summed E-state index contributed by atoms with van der Waals surface area (Å²) in [5, 5.41) is 9.97. The van der Waals surface area contributed by atoms with Gasteiger partial charge in [-0.3, -0.25) is 19.0 Å². The minimum Gasteiger partial charge on any atom is -0.495 e. The maximum Gasteiger partial charge on any atom is 0.341 e. The lowest BCUT2D eigenvalue weighted by atomic mass is 10.1. The summed E-state index contributed by atoms with van der Waals surface area (Å²) in [4.78, 5) is 60.0. The molecule has 18 nitrogen and oxygen atoms in total. The molecule has 42 heavy (non-hydrogen) atoms. The van der Waals surface area contributed by atoms with E-state index in [0.29, 0.717) is 11.4 Å². The van der Waals surface area contributed by atoms with Gasteiger partial charge in [-0.05, 0) is 12.1 Å². The molecular weight excluding hydrogens is 558 g/mol. The van der Waals surface area contributed by atoms with Gasteiger partial charge < -0.3 is 34.7 Å². The highest BCUT2D eigenvalue weighted by atomic mass is 16.7. The van der Waals surface area contributed by atoms with E-state index in [1.54, 1.807) is 24.3 Å². The van der Waals surface area contributed by atoms with Crippen LogP contribution in [0.1, 0.15) is 27.0 Å². The first-order valence-electron chi connectivity index (χ1n) is 12.3. The summed E-state index contributed by atoms with van der Waals surface area (Å²) in [5.74, 6) is -1.87. The zero-order valence-electron chi connectivity index (χ0n) is 22.8. The van der Waals surface area contributed by atoms with E-state index in [2.05, 4.69) is 36.0 Å². The molecule has 4 atom stereocenters. The summed E-state index contributed by atoms with van der Waals surface area (Å²) in [5.41, 5.74) is 8.87. The zero-order chi connectivity index (χ0) is 30.4. The van der Waals surface area contributed by atoms with Crippen molar-refractivity contribution in [3.63, 3.8) is 0 Å². The van der Waals surface area contributed by atoms with Crippen molar-refractivity contribution in [1.29, 1.82) is 0 Å². The molecule has 0 spiro atoms. The summed E-state index contributed by atoms with van der Waals surface area (Å²) >= 11 is 0. The number of urea groups is 1. The first kappa shape index (κ1) is 29.6. The van der Waals surface area contributed by atoms with Crippen molar-refractivity contribution in [2.75, 3.05) is 24.8 Å². The fourth-order valence-electron chi connectivity index (χ4n) is 4.09. The molecule has 2 amide bonds. The molecule has 3 aromatic rings. The third-order valence-electron chi connectivity index (χ3n) is 5.70. The molecule has 1 fully saturated rings. The second-order valence-electron chi connectivity index (χ2n) is 8.71. The van der Waals surface area contributed by atoms with Gasteiger partial charge in [-0.1, -0.05) is 22.5 Å². The lowest BCUT2D eigenvalue weighted by Gasteiger charge is -2.23. The molecule has 4 rings (SSSR count). The van der Waals surface area contributed by atoms with Gasteiger partial charge in [0.05, 0.1) is 19.1 Å². The van der Waals surface area contributed by atoms with Crippen LogP contribution in [0, 0.1) is 0 Å². The van der Waals surface area contributed by atoms with Gasteiger partial charge in [0.15, 0.2) is 29.9 Å². The van der Waals surface area contributed by atoms with Crippen LogP contribution in [0.2, 0.25) is 0 Å². The number of imidazole rings is 1. The number of nitrogens with zero attached hydrogens (tertiary/aromatic N) is 6. The van der Waals surface area contributed by atoms with Crippen LogP contribution in [0.15, 0.2) is 40.9 Å². The van der Waals surface area contributed by atoms with Crippen LogP contribution < -0.4 is 21.2 Å². The second kappa shape index (κ2) is 12.9. The van der Waals surface area contributed by atoms with E-state index in [1.807, 2.05) is 0 Å². The summed E-state index contributed by atoms with van der Waals surface area (Å²) in [7, 11) is 1.46. The average Bonchev–Trinajstić information content (AvgIpc) is 3.49. The van der Waals surface area contributed by atoms with Crippen molar-refractivity contribution in [1.82, 2.24) is 24.9 Å². The molecular formula is C24H27N9O9. The second-order valence-corrected chi connectivity index (χ2v) is 8.71. The molecule has 2 aromatic heterocycles. The molecule has 0 bridgehead atoms. The number of nitrogens with one attached hydrogen (secondary N) is 2. The molecule has 3 heterocycles. The SMILES string of the molecule is COc1ccccc1NC(=O)N/N=N/c1nc(N)c2ncn([C@@H]3O[C@H](COC(C)=O)[C@@H](OC(C)=O)[C@H]3OC(C)=O)c2n1. The maximum absolute atomic E-state index is 12.3. The van der Waals surface area contributed by atoms with Crippen molar-refractivity contribution in [2.24, 2.45) is 10.3 Å². The van der Waals surface area contributed by atoms with Crippen LogP contribution in [0.3, 0.4) is 0 Å². The normalized spacial score (nSPS) is 19.8. The quantitative estimate of drug-likeness (QED) is 0.140. The third kappa shape index (κ3) is 6.84. The first-order valence-corrected chi connectivity index (χ1v) is 12.3. The number of amides is 2. The number of carbonyl (C=O) groups is 4. The third-order valence-corrected chi connectivity index (χ3v) is 5.70. The van der Waals surface area contributed by atoms with Gasteiger partial charge >= 0.3 is 23.9 Å². The predicted octanol–water partition coefficient (Wildman–Crippen LogP) is 1.56. The topological polar surface area (TPSA) is 233 Å².